The number of nitrogens with two attached hydrogens (primary N) is 1. The molecule has 0 saturated carbocycles. The molecule has 0 aliphatic heterocycles. The lowest BCUT2D eigenvalue weighted by atomic mass is 10.1. The Kier molecular flexibility index (Phi) is 5.60. The molecule has 8 heteroatoms. The molecule has 0 unspecified atom stereocenters. The first-order valence-electron chi connectivity index (χ1n) is 9.34. The maximum absolute atomic E-state index is 11.6. The van der Waals surface area contributed by atoms with Crippen LogP contribution in [0.3, 0.4) is 0 Å². The number of ether oxygens (including phenoxy) is 1. The molecule has 158 valence electrons. The first kappa shape index (κ1) is 21.1. The molecule has 0 saturated heterocycles. The predicted octanol–water partition coefficient (Wildman–Crippen LogP) is 3.86. The van der Waals surface area contributed by atoms with Crippen molar-refractivity contribution in [1.82, 2.24) is 4.98 Å². The molecule has 0 bridgehead atoms. The van der Waals surface area contributed by atoms with Gasteiger partial charge in [-0.2, -0.15) is 0 Å². The zero-order chi connectivity index (χ0) is 22.7. The van der Waals surface area contributed by atoms with Gasteiger partial charge in [-0.05, 0) is 36.4 Å². The fourth-order valence-electron chi connectivity index (χ4n) is 3.08. The predicted molar refractivity (Wildman–Crippen MR) is 119 cm³/mol. The smallest absolute Gasteiger partial charge is 0.389 e. The van der Waals surface area contributed by atoms with E-state index in [-0.39, 0.29) is 16.5 Å². The Hall–Kier alpha value is -4.19. The molecular weight excluding hydrogens is 428 g/mol. The third kappa shape index (κ3) is 4.30. The third-order valence-electron chi connectivity index (χ3n) is 4.56. The summed E-state index contributed by atoms with van der Waals surface area (Å²) in [5, 5.41) is 5.20. The number of terminal acetylenes is 1. The number of aromatic nitrogens is 1. The molecule has 0 aliphatic rings. The van der Waals surface area contributed by atoms with Gasteiger partial charge >= 0.3 is 5.97 Å². The number of benzene rings is 3. The molecule has 0 atom stereocenters. The second-order valence-electron chi connectivity index (χ2n) is 6.66. The number of rotatable bonds is 5. The van der Waals surface area contributed by atoms with E-state index in [0.29, 0.717) is 22.6 Å². The van der Waals surface area contributed by atoms with Gasteiger partial charge in [0.25, 0.3) is 0 Å². The van der Waals surface area contributed by atoms with Crippen molar-refractivity contribution in [2.24, 2.45) is 5.14 Å². The lowest BCUT2D eigenvalue weighted by Gasteiger charge is -2.05. The molecule has 4 aromatic rings. The SMILES string of the molecule is C#CC(=O)Oc1ccccc1-c1nc(-c2ccccc2)c(-c2ccc(S(N)(=O)=O)cc2)o1. The maximum Gasteiger partial charge on any atom is 0.389 e. The molecule has 7 nitrogen and oxygen atoms in total. The van der Waals surface area contributed by atoms with Crippen LogP contribution in [0.25, 0.3) is 34.0 Å². The summed E-state index contributed by atoms with van der Waals surface area (Å²) >= 11 is 0. The topological polar surface area (TPSA) is 112 Å². The molecule has 0 radical (unpaired) electrons. The van der Waals surface area contributed by atoms with E-state index in [1.54, 1.807) is 36.4 Å². The number of primary sulfonamides is 1. The Bertz CT molecular complexity index is 1430. The Labute approximate surface area is 184 Å². The second kappa shape index (κ2) is 8.51. The van der Waals surface area contributed by atoms with Gasteiger partial charge in [0.2, 0.25) is 15.9 Å². The van der Waals surface area contributed by atoms with E-state index >= 15 is 0 Å². The number of carbonyl (C=O) groups is 1. The van der Waals surface area contributed by atoms with Gasteiger partial charge in [0.05, 0.1) is 10.5 Å². The Morgan fingerprint density at radius 1 is 0.938 bits per heavy atom. The van der Waals surface area contributed by atoms with E-state index in [2.05, 4.69) is 4.98 Å². The highest BCUT2D eigenvalue weighted by Gasteiger charge is 2.21. The van der Waals surface area contributed by atoms with Crippen LogP contribution in [0.15, 0.2) is 88.2 Å². The monoisotopic (exact) mass is 444 g/mol. The van der Waals surface area contributed by atoms with E-state index in [4.69, 9.17) is 20.7 Å². The summed E-state index contributed by atoms with van der Waals surface area (Å²) in [7, 11) is -3.83. The van der Waals surface area contributed by atoms with Crippen molar-refractivity contribution in [3.63, 3.8) is 0 Å². The van der Waals surface area contributed by atoms with Crippen LogP contribution in [0.2, 0.25) is 0 Å². The lowest BCUT2D eigenvalue weighted by Crippen LogP contribution is -2.11. The van der Waals surface area contributed by atoms with Crippen LogP contribution in [-0.4, -0.2) is 19.4 Å². The largest absolute Gasteiger partial charge is 0.435 e. The average molecular weight is 444 g/mol. The highest BCUT2D eigenvalue weighted by Crippen LogP contribution is 2.38. The summed E-state index contributed by atoms with van der Waals surface area (Å²) in [5.74, 6) is 1.88. The molecule has 2 N–H and O–H groups in total. The summed E-state index contributed by atoms with van der Waals surface area (Å²) in [6.45, 7) is 0. The lowest BCUT2D eigenvalue weighted by molar-refractivity contribution is -0.127. The number of hydrogen-bond donors (Lipinski definition) is 1. The Balaban J connectivity index is 1.87. The zero-order valence-electron chi connectivity index (χ0n) is 16.6. The van der Waals surface area contributed by atoms with Crippen molar-refractivity contribution < 1.29 is 22.4 Å². The van der Waals surface area contributed by atoms with Crippen molar-refractivity contribution in [2.45, 2.75) is 4.90 Å². The molecule has 1 heterocycles. The van der Waals surface area contributed by atoms with Gasteiger partial charge in [-0.3, -0.25) is 0 Å². The van der Waals surface area contributed by atoms with E-state index in [9.17, 15) is 13.2 Å². The van der Waals surface area contributed by atoms with E-state index in [1.807, 2.05) is 36.3 Å². The minimum Gasteiger partial charge on any atom is -0.435 e. The first-order chi connectivity index (χ1) is 15.4. The number of nitrogens with zero attached hydrogens (tertiary/aromatic N) is 1. The average Bonchev–Trinajstić information content (AvgIpc) is 3.25. The number of sulfonamides is 1. The van der Waals surface area contributed by atoms with E-state index < -0.39 is 16.0 Å². The Morgan fingerprint density at radius 2 is 1.59 bits per heavy atom. The van der Waals surface area contributed by atoms with E-state index in [0.717, 1.165) is 5.56 Å². The Morgan fingerprint density at radius 3 is 2.25 bits per heavy atom. The molecule has 0 spiro atoms. The molecule has 4 rings (SSSR count). The van der Waals surface area contributed by atoms with Gasteiger partial charge in [0, 0.05) is 17.0 Å². The molecule has 1 aromatic heterocycles. The molecule has 3 aromatic carbocycles. The quantitative estimate of drug-likeness (QED) is 0.216. The van der Waals surface area contributed by atoms with Crippen molar-refractivity contribution in [2.75, 3.05) is 0 Å². The molecule has 0 aliphatic carbocycles. The summed E-state index contributed by atoms with van der Waals surface area (Å²) < 4.78 is 34.5. The van der Waals surface area contributed by atoms with Crippen LogP contribution >= 0.6 is 0 Å². The van der Waals surface area contributed by atoms with Crippen LogP contribution in [0.5, 0.6) is 5.75 Å². The number of hydrogen-bond acceptors (Lipinski definition) is 6. The second-order valence-corrected chi connectivity index (χ2v) is 8.22. The van der Waals surface area contributed by atoms with Crippen LogP contribution in [0.4, 0.5) is 0 Å². The van der Waals surface area contributed by atoms with Crippen LogP contribution in [0.1, 0.15) is 0 Å². The molecular formula is C24H16N2O5S. The van der Waals surface area contributed by atoms with Gasteiger partial charge in [0.1, 0.15) is 11.4 Å². The van der Waals surface area contributed by atoms with Gasteiger partial charge in [-0.1, -0.05) is 42.5 Å². The van der Waals surface area contributed by atoms with Crippen molar-refractivity contribution in [3.8, 4) is 52.1 Å². The van der Waals surface area contributed by atoms with E-state index in [1.165, 1.54) is 12.1 Å². The van der Waals surface area contributed by atoms with Gasteiger partial charge < -0.3 is 9.15 Å². The van der Waals surface area contributed by atoms with Crippen LogP contribution in [0, 0.1) is 12.3 Å². The molecule has 0 amide bonds. The van der Waals surface area contributed by atoms with Crippen molar-refractivity contribution >= 4 is 16.0 Å². The normalized spacial score (nSPS) is 11.0. The third-order valence-corrected chi connectivity index (χ3v) is 5.49. The zero-order valence-corrected chi connectivity index (χ0v) is 17.4. The van der Waals surface area contributed by atoms with Crippen molar-refractivity contribution in [3.05, 3.63) is 78.9 Å². The standard InChI is InChI=1S/C24H16N2O5S/c1-2-21(27)30-20-11-7-6-10-19(20)24-26-22(16-8-4-3-5-9-16)23(31-24)17-12-14-18(15-13-17)32(25,28)29/h1,3-15H,(H2,25,28,29). The minimum atomic E-state index is -3.83. The highest BCUT2D eigenvalue weighted by atomic mass is 32.2. The minimum absolute atomic E-state index is 0.0196. The van der Waals surface area contributed by atoms with Crippen LogP contribution < -0.4 is 9.88 Å². The summed E-state index contributed by atoms with van der Waals surface area (Å²) in [6.07, 6.45) is 5.12. The summed E-state index contributed by atoms with van der Waals surface area (Å²) in [5.41, 5.74) is 2.34. The van der Waals surface area contributed by atoms with Crippen molar-refractivity contribution in [1.29, 1.82) is 0 Å². The van der Waals surface area contributed by atoms with Gasteiger partial charge in [-0.15, -0.1) is 6.42 Å². The highest BCUT2D eigenvalue weighted by molar-refractivity contribution is 7.89. The summed E-state index contributed by atoms with van der Waals surface area (Å²) in [4.78, 5) is 16.2. The van der Waals surface area contributed by atoms with Crippen LogP contribution in [-0.2, 0) is 14.8 Å². The van der Waals surface area contributed by atoms with Gasteiger partial charge in [-0.25, -0.2) is 23.3 Å². The summed E-state index contributed by atoms with van der Waals surface area (Å²) in [6, 6.07) is 22.0. The number of para-hydroxylation sites is 1. The fraction of sp³-hybridized carbons (Fsp3) is 0. The number of carbonyl (C=O) groups excluding carboxylic acids is 1. The maximum atomic E-state index is 11.6. The number of oxazole rings is 1. The fourth-order valence-corrected chi connectivity index (χ4v) is 3.60. The van der Waals surface area contributed by atoms with Gasteiger partial charge in [0.15, 0.2) is 5.76 Å². The molecule has 0 fully saturated rings. The first-order valence-corrected chi connectivity index (χ1v) is 10.9. The number of esters is 1. The molecule has 32 heavy (non-hydrogen) atoms.